The number of nitro groups is 1. The highest BCUT2D eigenvalue weighted by atomic mass is 19.1. The van der Waals surface area contributed by atoms with E-state index in [2.05, 4.69) is 10.9 Å². The molecule has 8 heteroatoms. The minimum Gasteiger partial charge on any atom is -0.273 e. The van der Waals surface area contributed by atoms with E-state index in [1.54, 1.807) is 6.07 Å². The zero-order chi connectivity index (χ0) is 16.8. The molecule has 0 saturated carbocycles. The van der Waals surface area contributed by atoms with Crippen LogP contribution in [0.5, 0.6) is 0 Å². The number of nitro benzene ring substituents is 1. The summed E-state index contributed by atoms with van der Waals surface area (Å²) in [5.74, 6) is -1.72. The van der Waals surface area contributed by atoms with Crippen molar-refractivity contribution in [2.45, 2.75) is 6.42 Å². The number of hydrazine groups is 1. The SMILES string of the molecule is O=C(Cc1ccccc1[N+](=O)[O-])NNC(=O)c1ccc(F)cc1. The Labute approximate surface area is 130 Å². The van der Waals surface area contributed by atoms with Gasteiger partial charge < -0.3 is 0 Å². The van der Waals surface area contributed by atoms with Crippen molar-refractivity contribution in [1.82, 2.24) is 10.9 Å². The first kappa shape index (κ1) is 16.1. The van der Waals surface area contributed by atoms with Gasteiger partial charge in [-0.2, -0.15) is 0 Å². The molecule has 118 valence electrons. The van der Waals surface area contributed by atoms with Crippen LogP contribution in [-0.4, -0.2) is 16.7 Å². The van der Waals surface area contributed by atoms with Gasteiger partial charge in [0, 0.05) is 17.2 Å². The van der Waals surface area contributed by atoms with E-state index in [0.29, 0.717) is 0 Å². The summed E-state index contributed by atoms with van der Waals surface area (Å²) >= 11 is 0. The van der Waals surface area contributed by atoms with Gasteiger partial charge in [0.2, 0.25) is 5.91 Å². The van der Waals surface area contributed by atoms with Gasteiger partial charge in [-0.3, -0.25) is 30.6 Å². The average molecular weight is 317 g/mol. The van der Waals surface area contributed by atoms with E-state index >= 15 is 0 Å². The lowest BCUT2D eigenvalue weighted by Gasteiger charge is -2.07. The van der Waals surface area contributed by atoms with Crippen LogP contribution in [0.3, 0.4) is 0 Å². The first-order valence-electron chi connectivity index (χ1n) is 6.54. The van der Waals surface area contributed by atoms with Gasteiger partial charge in [0.1, 0.15) is 5.82 Å². The van der Waals surface area contributed by atoms with Gasteiger partial charge in [0.25, 0.3) is 11.6 Å². The van der Waals surface area contributed by atoms with E-state index in [-0.39, 0.29) is 23.2 Å². The predicted octanol–water partition coefficient (Wildman–Crippen LogP) is 1.74. The van der Waals surface area contributed by atoms with Gasteiger partial charge in [0.05, 0.1) is 11.3 Å². The number of nitrogens with zero attached hydrogens (tertiary/aromatic N) is 1. The monoisotopic (exact) mass is 317 g/mol. The number of para-hydroxylation sites is 1. The van der Waals surface area contributed by atoms with Gasteiger partial charge in [-0.05, 0) is 24.3 Å². The Bertz CT molecular complexity index is 747. The molecule has 0 aliphatic rings. The van der Waals surface area contributed by atoms with Crippen molar-refractivity contribution in [3.63, 3.8) is 0 Å². The number of rotatable bonds is 4. The molecule has 0 atom stereocenters. The van der Waals surface area contributed by atoms with Gasteiger partial charge in [0.15, 0.2) is 0 Å². The highest BCUT2D eigenvalue weighted by Gasteiger charge is 2.16. The zero-order valence-electron chi connectivity index (χ0n) is 11.8. The molecule has 0 unspecified atom stereocenters. The Morgan fingerprint density at radius 1 is 1.04 bits per heavy atom. The molecule has 0 aliphatic heterocycles. The van der Waals surface area contributed by atoms with Crippen molar-refractivity contribution in [3.8, 4) is 0 Å². The summed E-state index contributed by atoms with van der Waals surface area (Å²) in [6, 6.07) is 10.6. The molecule has 0 aliphatic carbocycles. The minimum absolute atomic E-state index is 0.164. The third-order valence-electron chi connectivity index (χ3n) is 2.96. The number of halogens is 1. The molecule has 23 heavy (non-hydrogen) atoms. The van der Waals surface area contributed by atoms with Crippen LogP contribution in [0.25, 0.3) is 0 Å². The molecule has 0 spiro atoms. The maximum atomic E-state index is 12.8. The van der Waals surface area contributed by atoms with Crippen molar-refractivity contribution < 1.29 is 18.9 Å². The van der Waals surface area contributed by atoms with Crippen molar-refractivity contribution >= 4 is 17.5 Å². The lowest BCUT2D eigenvalue weighted by molar-refractivity contribution is -0.385. The summed E-state index contributed by atoms with van der Waals surface area (Å²) in [4.78, 5) is 33.8. The molecule has 2 amide bonds. The number of benzene rings is 2. The standard InChI is InChI=1S/C15H12FN3O4/c16-12-7-5-10(6-8-12)15(21)18-17-14(20)9-11-3-1-2-4-13(11)19(22)23/h1-8H,9H2,(H,17,20)(H,18,21). The summed E-state index contributed by atoms with van der Waals surface area (Å²) in [5.41, 5.74) is 4.53. The summed E-state index contributed by atoms with van der Waals surface area (Å²) in [5, 5.41) is 10.9. The Kier molecular flexibility index (Phi) is 4.98. The molecule has 0 radical (unpaired) electrons. The maximum absolute atomic E-state index is 12.8. The van der Waals surface area contributed by atoms with Crippen LogP contribution in [-0.2, 0) is 11.2 Å². The molecule has 2 aromatic rings. The maximum Gasteiger partial charge on any atom is 0.273 e. The normalized spacial score (nSPS) is 9.96. The van der Waals surface area contributed by atoms with Crippen LogP contribution in [0.4, 0.5) is 10.1 Å². The number of carbonyl (C=O) groups excluding carboxylic acids is 2. The van der Waals surface area contributed by atoms with Crippen LogP contribution in [0, 0.1) is 15.9 Å². The Balaban J connectivity index is 1.94. The van der Waals surface area contributed by atoms with E-state index in [4.69, 9.17) is 0 Å². The van der Waals surface area contributed by atoms with Crippen LogP contribution >= 0.6 is 0 Å². The van der Waals surface area contributed by atoms with Crippen molar-refractivity contribution in [1.29, 1.82) is 0 Å². The van der Waals surface area contributed by atoms with Gasteiger partial charge in [-0.15, -0.1) is 0 Å². The molecule has 2 N–H and O–H groups in total. The second-order valence-corrected chi connectivity index (χ2v) is 4.57. The minimum atomic E-state index is -0.624. The third-order valence-corrected chi connectivity index (χ3v) is 2.96. The topological polar surface area (TPSA) is 101 Å². The molecule has 0 fully saturated rings. The number of hydrogen-bond acceptors (Lipinski definition) is 4. The Hall–Kier alpha value is -3.29. The highest BCUT2D eigenvalue weighted by molar-refractivity contribution is 5.95. The summed E-state index contributed by atoms with van der Waals surface area (Å²) < 4.78 is 12.8. The third kappa shape index (κ3) is 4.34. The lowest BCUT2D eigenvalue weighted by atomic mass is 10.1. The fourth-order valence-electron chi connectivity index (χ4n) is 1.86. The van der Waals surface area contributed by atoms with Crippen molar-refractivity contribution in [3.05, 3.63) is 75.6 Å². The molecule has 2 aromatic carbocycles. The Morgan fingerprint density at radius 3 is 2.35 bits per heavy atom. The predicted molar refractivity (Wildman–Crippen MR) is 78.8 cm³/mol. The van der Waals surface area contributed by atoms with E-state index in [1.165, 1.54) is 30.3 Å². The Morgan fingerprint density at radius 2 is 1.70 bits per heavy atom. The molecular formula is C15H12FN3O4. The smallest absolute Gasteiger partial charge is 0.273 e. The number of carbonyl (C=O) groups is 2. The largest absolute Gasteiger partial charge is 0.273 e. The highest BCUT2D eigenvalue weighted by Crippen LogP contribution is 2.17. The van der Waals surface area contributed by atoms with Gasteiger partial charge in [-0.25, -0.2) is 4.39 Å². The first-order chi connectivity index (χ1) is 11.0. The lowest BCUT2D eigenvalue weighted by Crippen LogP contribution is -2.42. The van der Waals surface area contributed by atoms with Gasteiger partial charge in [-0.1, -0.05) is 18.2 Å². The fraction of sp³-hybridized carbons (Fsp3) is 0.0667. The van der Waals surface area contributed by atoms with Crippen LogP contribution < -0.4 is 10.9 Å². The molecule has 2 rings (SSSR count). The average Bonchev–Trinajstić information content (AvgIpc) is 2.53. The second kappa shape index (κ2) is 7.12. The van der Waals surface area contributed by atoms with E-state index in [1.807, 2.05) is 0 Å². The van der Waals surface area contributed by atoms with E-state index in [9.17, 15) is 24.1 Å². The van der Waals surface area contributed by atoms with Gasteiger partial charge >= 0.3 is 0 Å². The quantitative estimate of drug-likeness (QED) is 0.662. The van der Waals surface area contributed by atoms with E-state index < -0.39 is 22.6 Å². The van der Waals surface area contributed by atoms with Crippen LogP contribution in [0.15, 0.2) is 48.5 Å². The summed E-state index contributed by atoms with van der Waals surface area (Å²) in [6.45, 7) is 0. The fourth-order valence-corrected chi connectivity index (χ4v) is 1.86. The first-order valence-corrected chi connectivity index (χ1v) is 6.54. The second-order valence-electron chi connectivity index (χ2n) is 4.57. The van der Waals surface area contributed by atoms with E-state index in [0.717, 1.165) is 12.1 Å². The molecular weight excluding hydrogens is 305 g/mol. The number of amides is 2. The molecule has 0 saturated heterocycles. The van der Waals surface area contributed by atoms with Crippen LogP contribution in [0.2, 0.25) is 0 Å². The summed E-state index contributed by atoms with van der Waals surface area (Å²) in [7, 11) is 0. The van der Waals surface area contributed by atoms with Crippen molar-refractivity contribution in [2.75, 3.05) is 0 Å². The molecule has 7 nitrogen and oxygen atoms in total. The van der Waals surface area contributed by atoms with Crippen LogP contribution in [0.1, 0.15) is 15.9 Å². The molecule has 0 bridgehead atoms. The molecule has 0 aromatic heterocycles. The summed E-state index contributed by atoms with van der Waals surface area (Å²) in [6.07, 6.45) is -0.263. The number of nitrogens with one attached hydrogen (secondary N) is 2. The number of hydrogen-bond donors (Lipinski definition) is 2. The molecule has 0 heterocycles. The zero-order valence-corrected chi connectivity index (χ0v) is 11.8. The van der Waals surface area contributed by atoms with Crippen molar-refractivity contribution in [2.24, 2.45) is 0 Å².